The first kappa shape index (κ1) is 15.2. The SMILES string of the molecule is CNCC1CCN(C(=O)C2=CN3CCS(=O)(=O)N=C3C=C2)C1. The zero-order chi connectivity index (χ0) is 15.7. The highest BCUT2D eigenvalue weighted by Gasteiger charge is 2.30. The highest BCUT2D eigenvalue weighted by molar-refractivity contribution is 7.90. The molecule has 0 saturated carbocycles. The van der Waals surface area contributed by atoms with Crippen LogP contribution in [0.2, 0.25) is 0 Å². The summed E-state index contributed by atoms with van der Waals surface area (Å²) in [6.45, 7) is 2.79. The Morgan fingerprint density at radius 2 is 2.23 bits per heavy atom. The maximum absolute atomic E-state index is 12.6. The maximum Gasteiger partial charge on any atom is 0.256 e. The van der Waals surface area contributed by atoms with E-state index in [2.05, 4.69) is 9.71 Å². The van der Waals surface area contributed by atoms with Crippen molar-refractivity contribution in [2.75, 3.05) is 39.0 Å². The van der Waals surface area contributed by atoms with Crippen molar-refractivity contribution in [3.8, 4) is 0 Å². The van der Waals surface area contributed by atoms with Crippen molar-refractivity contribution >= 4 is 21.8 Å². The van der Waals surface area contributed by atoms with Gasteiger partial charge in [-0.1, -0.05) is 0 Å². The Balaban J connectivity index is 1.71. The second-order valence-corrected chi connectivity index (χ2v) is 7.56. The highest BCUT2D eigenvalue weighted by atomic mass is 32.2. The Kier molecular flexibility index (Phi) is 4.05. The molecule has 0 aromatic heterocycles. The van der Waals surface area contributed by atoms with Gasteiger partial charge in [0.25, 0.3) is 15.9 Å². The number of fused-ring (bicyclic) bond motifs is 1. The van der Waals surface area contributed by atoms with Gasteiger partial charge in [-0.25, -0.2) is 8.42 Å². The van der Waals surface area contributed by atoms with Crippen molar-refractivity contribution in [1.29, 1.82) is 0 Å². The van der Waals surface area contributed by atoms with Crippen LogP contribution in [0.5, 0.6) is 0 Å². The molecule has 3 heterocycles. The standard InChI is InChI=1S/C14H20N4O3S/c1-15-8-11-4-5-18(9-11)14(19)12-2-3-13-16-22(20,21)7-6-17(13)10-12/h2-3,10-11,15H,4-9H2,1H3. The van der Waals surface area contributed by atoms with Crippen LogP contribution in [-0.2, 0) is 14.8 Å². The maximum atomic E-state index is 12.6. The Morgan fingerprint density at radius 3 is 3.00 bits per heavy atom. The number of hydrogen-bond acceptors (Lipinski definition) is 5. The molecule has 0 aliphatic carbocycles. The van der Waals surface area contributed by atoms with Crippen LogP contribution in [0.4, 0.5) is 0 Å². The number of carbonyl (C=O) groups excluding carboxylic acids is 1. The van der Waals surface area contributed by atoms with Crippen molar-refractivity contribution in [3.63, 3.8) is 0 Å². The molecule has 3 aliphatic rings. The Labute approximate surface area is 130 Å². The predicted octanol–water partition coefficient (Wildman–Crippen LogP) is -0.448. The normalized spacial score (nSPS) is 26.5. The summed E-state index contributed by atoms with van der Waals surface area (Å²) < 4.78 is 26.7. The Morgan fingerprint density at radius 1 is 1.41 bits per heavy atom. The molecule has 1 N–H and O–H groups in total. The number of hydrogen-bond donors (Lipinski definition) is 1. The summed E-state index contributed by atoms with van der Waals surface area (Å²) >= 11 is 0. The number of sulfonamides is 1. The van der Waals surface area contributed by atoms with E-state index in [9.17, 15) is 13.2 Å². The van der Waals surface area contributed by atoms with E-state index in [-0.39, 0.29) is 11.7 Å². The summed E-state index contributed by atoms with van der Waals surface area (Å²) in [6.07, 6.45) is 5.98. The molecule has 0 spiro atoms. The van der Waals surface area contributed by atoms with Gasteiger partial charge in [-0.05, 0) is 38.1 Å². The fraction of sp³-hybridized carbons (Fsp3) is 0.571. The second kappa shape index (κ2) is 5.85. The van der Waals surface area contributed by atoms with Crippen LogP contribution >= 0.6 is 0 Å². The molecule has 0 radical (unpaired) electrons. The third-order valence-corrected chi connectivity index (χ3v) is 5.30. The number of nitrogens with zero attached hydrogens (tertiary/aromatic N) is 3. The van der Waals surface area contributed by atoms with Gasteiger partial charge in [0.15, 0.2) is 0 Å². The fourth-order valence-corrected chi connectivity index (χ4v) is 3.95. The van der Waals surface area contributed by atoms with E-state index in [0.29, 0.717) is 23.9 Å². The first-order chi connectivity index (χ1) is 10.5. The number of rotatable bonds is 3. The minimum atomic E-state index is -3.36. The molecular formula is C14H20N4O3S. The van der Waals surface area contributed by atoms with E-state index in [1.807, 2.05) is 11.9 Å². The first-order valence-electron chi connectivity index (χ1n) is 7.41. The van der Waals surface area contributed by atoms with E-state index >= 15 is 0 Å². The molecule has 8 heteroatoms. The summed E-state index contributed by atoms with van der Waals surface area (Å²) in [7, 11) is -1.44. The minimum Gasteiger partial charge on any atom is -0.338 e. The molecule has 0 aromatic carbocycles. The molecule has 1 atom stereocenters. The second-order valence-electron chi connectivity index (χ2n) is 5.81. The third-order valence-electron chi connectivity index (χ3n) is 4.14. The lowest BCUT2D eigenvalue weighted by atomic mass is 10.1. The smallest absolute Gasteiger partial charge is 0.256 e. The third kappa shape index (κ3) is 3.07. The minimum absolute atomic E-state index is 0.00216. The van der Waals surface area contributed by atoms with E-state index in [0.717, 1.165) is 26.1 Å². The quantitative estimate of drug-likeness (QED) is 0.760. The van der Waals surface area contributed by atoms with Gasteiger partial charge in [0.2, 0.25) is 0 Å². The molecule has 0 bridgehead atoms. The van der Waals surface area contributed by atoms with Crippen molar-refractivity contribution in [2.24, 2.45) is 10.3 Å². The largest absolute Gasteiger partial charge is 0.338 e. The van der Waals surface area contributed by atoms with Gasteiger partial charge < -0.3 is 15.1 Å². The van der Waals surface area contributed by atoms with E-state index in [4.69, 9.17) is 0 Å². The lowest BCUT2D eigenvalue weighted by Crippen LogP contribution is -2.38. The number of amidine groups is 1. The zero-order valence-corrected chi connectivity index (χ0v) is 13.3. The van der Waals surface area contributed by atoms with Gasteiger partial charge in [0, 0.05) is 25.8 Å². The number of amides is 1. The molecule has 3 aliphatic heterocycles. The molecule has 1 saturated heterocycles. The van der Waals surface area contributed by atoms with Gasteiger partial charge in [0.1, 0.15) is 5.84 Å². The van der Waals surface area contributed by atoms with Gasteiger partial charge in [-0.15, -0.1) is 4.40 Å². The van der Waals surface area contributed by atoms with Crippen LogP contribution in [0.1, 0.15) is 6.42 Å². The van der Waals surface area contributed by atoms with Crippen molar-refractivity contribution < 1.29 is 13.2 Å². The zero-order valence-electron chi connectivity index (χ0n) is 12.5. The van der Waals surface area contributed by atoms with Crippen molar-refractivity contribution in [1.82, 2.24) is 15.1 Å². The summed E-state index contributed by atoms with van der Waals surface area (Å²) in [4.78, 5) is 16.1. The fourth-order valence-electron chi connectivity index (χ4n) is 2.98. The van der Waals surface area contributed by atoms with Crippen molar-refractivity contribution in [3.05, 3.63) is 23.9 Å². The topological polar surface area (TPSA) is 82.1 Å². The summed E-state index contributed by atoms with van der Waals surface area (Å²) in [6, 6.07) is 0. The average molecular weight is 324 g/mol. The van der Waals surface area contributed by atoms with Gasteiger partial charge >= 0.3 is 0 Å². The molecule has 1 unspecified atom stereocenters. The van der Waals surface area contributed by atoms with Crippen LogP contribution in [0.15, 0.2) is 28.3 Å². The molecule has 120 valence electrons. The van der Waals surface area contributed by atoms with Crippen LogP contribution in [0.3, 0.4) is 0 Å². The molecule has 1 fully saturated rings. The Hall–Kier alpha value is -1.67. The van der Waals surface area contributed by atoms with Gasteiger partial charge in [-0.2, -0.15) is 0 Å². The van der Waals surface area contributed by atoms with E-state index in [1.54, 1.807) is 23.3 Å². The molecule has 0 aromatic rings. The Bertz CT molecular complexity index is 666. The predicted molar refractivity (Wildman–Crippen MR) is 83.8 cm³/mol. The molecule has 7 nitrogen and oxygen atoms in total. The van der Waals surface area contributed by atoms with E-state index < -0.39 is 10.0 Å². The summed E-state index contributed by atoms with van der Waals surface area (Å²) in [5.74, 6) is 0.870. The number of nitrogens with one attached hydrogen (secondary N) is 1. The number of likely N-dealkylation sites (tertiary alicyclic amines) is 1. The molecular weight excluding hydrogens is 304 g/mol. The molecule has 22 heavy (non-hydrogen) atoms. The van der Waals surface area contributed by atoms with Crippen LogP contribution < -0.4 is 5.32 Å². The first-order valence-corrected chi connectivity index (χ1v) is 9.02. The van der Waals surface area contributed by atoms with E-state index in [1.165, 1.54) is 0 Å². The van der Waals surface area contributed by atoms with Crippen LogP contribution in [0, 0.1) is 5.92 Å². The molecule has 1 amide bonds. The van der Waals surface area contributed by atoms with Crippen molar-refractivity contribution in [2.45, 2.75) is 6.42 Å². The summed E-state index contributed by atoms with van der Waals surface area (Å²) in [5.41, 5.74) is 0.586. The van der Waals surface area contributed by atoms with Gasteiger partial charge in [0.05, 0.1) is 11.3 Å². The number of carbonyl (C=O) groups is 1. The summed E-state index contributed by atoms with van der Waals surface area (Å²) in [5, 5.41) is 3.15. The molecule has 3 rings (SSSR count). The monoisotopic (exact) mass is 324 g/mol. The van der Waals surface area contributed by atoms with Crippen LogP contribution in [0.25, 0.3) is 0 Å². The van der Waals surface area contributed by atoms with Gasteiger partial charge in [-0.3, -0.25) is 4.79 Å². The lowest BCUT2D eigenvalue weighted by Gasteiger charge is -2.28. The highest BCUT2D eigenvalue weighted by Crippen LogP contribution is 2.21. The average Bonchev–Trinajstić information content (AvgIpc) is 2.94. The van der Waals surface area contributed by atoms with Crippen LogP contribution in [-0.4, -0.2) is 68.9 Å². The lowest BCUT2D eigenvalue weighted by molar-refractivity contribution is -0.125.